The predicted molar refractivity (Wildman–Crippen MR) is 49.8 cm³/mol. The first-order valence-electron chi connectivity index (χ1n) is 3.98. The van der Waals surface area contributed by atoms with E-state index in [1.54, 1.807) is 6.07 Å². The molecule has 84 valence electrons. The van der Waals surface area contributed by atoms with Crippen molar-refractivity contribution in [2.75, 3.05) is 14.2 Å². The Balaban J connectivity index is 3.21. The number of rotatable bonds is 2. The molecule has 9 heteroatoms. The van der Waals surface area contributed by atoms with Crippen LogP contribution in [0.15, 0.2) is 14.4 Å². The molecule has 0 aromatic carbocycles. The van der Waals surface area contributed by atoms with Crippen LogP contribution in [0.4, 0.5) is 4.79 Å². The lowest BCUT2D eigenvalue weighted by Crippen LogP contribution is -2.32. The van der Waals surface area contributed by atoms with Gasteiger partial charge in [0.2, 0.25) is 5.71 Å². The number of nitriles is 1. The highest BCUT2D eigenvalue weighted by atomic mass is 16.6. The second-order valence-electron chi connectivity index (χ2n) is 2.37. The second-order valence-corrected chi connectivity index (χ2v) is 2.37. The monoisotopic (exact) mass is 225 g/mol. The number of amides is 1. The van der Waals surface area contributed by atoms with Crippen molar-refractivity contribution in [2.24, 2.45) is 5.16 Å². The largest absolute Gasteiger partial charge is 0.446 e. The normalized spacial score (nSPS) is 10.7. The molecule has 0 aliphatic heterocycles. The summed E-state index contributed by atoms with van der Waals surface area (Å²) < 4.78 is 4.97. The number of nitrogens with one attached hydrogen (secondary N) is 1. The molecule has 1 N–H and O–H groups in total. The zero-order valence-electron chi connectivity index (χ0n) is 8.42. The van der Waals surface area contributed by atoms with E-state index in [1.165, 1.54) is 14.2 Å². The van der Waals surface area contributed by atoms with Gasteiger partial charge in [-0.1, -0.05) is 5.16 Å². The number of oxime groups is 1. The lowest BCUT2D eigenvalue weighted by molar-refractivity contribution is 0.213. The number of nitrogens with zero attached hydrogens (tertiary/aromatic N) is 4. The van der Waals surface area contributed by atoms with Crippen molar-refractivity contribution in [1.29, 1.82) is 5.26 Å². The van der Waals surface area contributed by atoms with Crippen molar-refractivity contribution in [3.05, 3.63) is 16.4 Å². The van der Waals surface area contributed by atoms with Crippen molar-refractivity contribution >= 4 is 11.7 Å². The Morgan fingerprint density at radius 3 is 2.94 bits per heavy atom. The SMILES string of the molecule is CNC(=O)n1nc(/C(C#N)=N/OC)oc1=O. The van der Waals surface area contributed by atoms with Gasteiger partial charge in [0.05, 0.1) is 0 Å². The summed E-state index contributed by atoms with van der Waals surface area (Å²) in [6.45, 7) is 0. The molecular weight excluding hydrogens is 218 g/mol. The number of carbonyl (C=O) groups is 1. The van der Waals surface area contributed by atoms with Gasteiger partial charge < -0.3 is 14.6 Å². The third-order valence-corrected chi connectivity index (χ3v) is 1.45. The Hall–Kier alpha value is -2.63. The zero-order valence-corrected chi connectivity index (χ0v) is 8.42. The smallest absolute Gasteiger partial charge is 0.398 e. The van der Waals surface area contributed by atoms with E-state index >= 15 is 0 Å². The number of hydrogen-bond acceptors (Lipinski definition) is 7. The maximum Gasteiger partial charge on any atom is 0.446 e. The Kier molecular flexibility index (Phi) is 3.39. The molecule has 9 nitrogen and oxygen atoms in total. The minimum Gasteiger partial charge on any atom is -0.398 e. The van der Waals surface area contributed by atoms with Gasteiger partial charge in [0.1, 0.15) is 13.2 Å². The summed E-state index contributed by atoms with van der Waals surface area (Å²) in [6.07, 6.45) is 0. The van der Waals surface area contributed by atoms with E-state index in [4.69, 9.17) is 5.26 Å². The van der Waals surface area contributed by atoms with Crippen molar-refractivity contribution in [2.45, 2.75) is 0 Å². The fraction of sp³-hybridized carbons (Fsp3) is 0.286. The van der Waals surface area contributed by atoms with Gasteiger partial charge in [-0.2, -0.15) is 5.26 Å². The van der Waals surface area contributed by atoms with Gasteiger partial charge in [-0.3, -0.25) is 0 Å². The van der Waals surface area contributed by atoms with Gasteiger partial charge in [0.25, 0.3) is 5.89 Å². The van der Waals surface area contributed by atoms with Crippen LogP contribution in [0.25, 0.3) is 0 Å². The van der Waals surface area contributed by atoms with Crippen molar-refractivity contribution in [3.63, 3.8) is 0 Å². The van der Waals surface area contributed by atoms with Gasteiger partial charge in [0.15, 0.2) is 0 Å². The zero-order chi connectivity index (χ0) is 12.1. The number of aromatic nitrogens is 2. The predicted octanol–water partition coefficient (Wildman–Crippen LogP) is -1.10. The second kappa shape index (κ2) is 4.74. The molecule has 1 aromatic rings. The summed E-state index contributed by atoms with van der Waals surface area (Å²) >= 11 is 0. The van der Waals surface area contributed by atoms with Crippen LogP contribution in [0.2, 0.25) is 0 Å². The van der Waals surface area contributed by atoms with Crippen LogP contribution in [0.3, 0.4) is 0 Å². The fourth-order valence-corrected chi connectivity index (χ4v) is 0.806. The molecule has 0 saturated heterocycles. The van der Waals surface area contributed by atoms with E-state index in [-0.39, 0.29) is 5.71 Å². The molecule has 0 atom stereocenters. The molecule has 0 unspecified atom stereocenters. The number of carbonyl (C=O) groups excluding carboxylic acids is 1. The van der Waals surface area contributed by atoms with Crippen molar-refractivity contribution in [3.8, 4) is 6.07 Å². The highest BCUT2D eigenvalue weighted by Gasteiger charge is 2.18. The van der Waals surface area contributed by atoms with Crippen LogP contribution in [0, 0.1) is 11.3 Å². The molecule has 1 heterocycles. The van der Waals surface area contributed by atoms with Crippen LogP contribution in [-0.2, 0) is 4.84 Å². The summed E-state index contributed by atoms with van der Waals surface area (Å²) in [5.41, 5.74) is -0.345. The molecular formula is C7H7N5O4. The quantitative estimate of drug-likeness (QED) is 0.503. The summed E-state index contributed by atoms with van der Waals surface area (Å²) in [6, 6.07) is 0.819. The highest BCUT2D eigenvalue weighted by Crippen LogP contribution is 1.94. The van der Waals surface area contributed by atoms with E-state index < -0.39 is 17.7 Å². The van der Waals surface area contributed by atoms with Crippen molar-refractivity contribution in [1.82, 2.24) is 15.1 Å². The molecule has 0 fully saturated rings. The third-order valence-electron chi connectivity index (χ3n) is 1.45. The molecule has 0 radical (unpaired) electrons. The molecule has 0 saturated carbocycles. The Bertz CT molecular complexity index is 520. The van der Waals surface area contributed by atoms with E-state index in [0.717, 1.165) is 0 Å². The van der Waals surface area contributed by atoms with Crippen LogP contribution in [0.5, 0.6) is 0 Å². The molecule has 16 heavy (non-hydrogen) atoms. The Morgan fingerprint density at radius 1 is 1.75 bits per heavy atom. The van der Waals surface area contributed by atoms with Gasteiger partial charge in [-0.05, 0) is 0 Å². The van der Waals surface area contributed by atoms with E-state index in [2.05, 4.69) is 24.8 Å². The average molecular weight is 225 g/mol. The lowest BCUT2D eigenvalue weighted by atomic mass is 10.4. The number of hydrogen-bond donors (Lipinski definition) is 1. The van der Waals surface area contributed by atoms with Crippen LogP contribution in [-0.4, -0.2) is 35.7 Å². The Labute approximate surface area is 88.9 Å². The maximum atomic E-state index is 11.1. The first kappa shape index (κ1) is 11.4. The van der Waals surface area contributed by atoms with E-state index in [1.807, 2.05) is 0 Å². The van der Waals surface area contributed by atoms with Crippen LogP contribution in [0.1, 0.15) is 5.89 Å². The summed E-state index contributed by atoms with van der Waals surface area (Å²) in [4.78, 5) is 26.6. The Morgan fingerprint density at radius 2 is 2.44 bits per heavy atom. The minimum absolute atomic E-state index is 0.345. The summed E-state index contributed by atoms with van der Waals surface area (Å²) in [5, 5.41) is 17.5. The molecule has 0 spiro atoms. The molecule has 0 bridgehead atoms. The minimum atomic E-state index is -1.02. The fourth-order valence-electron chi connectivity index (χ4n) is 0.806. The molecule has 0 aliphatic carbocycles. The maximum absolute atomic E-state index is 11.1. The van der Waals surface area contributed by atoms with Gasteiger partial charge in [-0.25, -0.2) is 9.59 Å². The first-order chi connectivity index (χ1) is 7.63. The standard InChI is InChI=1S/C7H7N5O4/c1-9-6(13)12-7(14)16-5(10-12)4(3-8)11-15-2/h1-2H3,(H,9,13)/b11-4+. The van der Waals surface area contributed by atoms with Gasteiger partial charge >= 0.3 is 11.8 Å². The molecule has 1 aromatic heterocycles. The van der Waals surface area contributed by atoms with Crippen LogP contribution < -0.4 is 11.1 Å². The summed E-state index contributed by atoms with van der Waals surface area (Å²) in [7, 11) is 2.53. The van der Waals surface area contributed by atoms with Gasteiger partial charge in [-0.15, -0.1) is 9.78 Å². The first-order valence-corrected chi connectivity index (χ1v) is 3.98. The van der Waals surface area contributed by atoms with E-state index in [9.17, 15) is 9.59 Å². The van der Waals surface area contributed by atoms with Crippen LogP contribution >= 0.6 is 0 Å². The van der Waals surface area contributed by atoms with E-state index in [0.29, 0.717) is 4.68 Å². The van der Waals surface area contributed by atoms with Crippen molar-refractivity contribution < 1.29 is 14.0 Å². The lowest BCUT2D eigenvalue weighted by Gasteiger charge is -1.92. The van der Waals surface area contributed by atoms with Gasteiger partial charge in [0, 0.05) is 7.05 Å². The molecule has 0 aliphatic rings. The molecule has 1 rings (SSSR count). The highest BCUT2D eigenvalue weighted by molar-refractivity contribution is 6.08. The average Bonchev–Trinajstić information content (AvgIpc) is 2.67. The molecule has 1 amide bonds. The topological polar surface area (TPSA) is 123 Å². The third kappa shape index (κ3) is 2.06. The summed E-state index contributed by atoms with van der Waals surface area (Å²) in [5.74, 6) is -1.41.